The summed E-state index contributed by atoms with van der Waals surface area (Å²) in [4.78, 5) is 26.1. The first-order chi connectivity index (χ1) is 13.0. The molecule has 4 heterocycles. The number of carbonyl (C=O) groups is 1. The molecule has 3 N–H and O–H groups in total. The molecule has 2 aromatic rings. The normalized spacial score (nSPS) is 23.9. The van der Waals surface area contributed by atoms with Crippen LogP contribution in [0.4, 0.5) is 5.82 Å². The van der Waals surface area contributed by atoms with Gasteiger partial charge in [-0.3, -0.25) is 4.79 Å². The maximum absolute atomic E-state index is 12.5. The topological polar surface area (TPSA) is 90.4 Å². The number of hydrogen-bond acceptors (Lipinski definition) is 7. The summed E-state index contributed by atoms with van der Waals surface area (Å²) in [7, 11) is 0. The fraction of sp³-hybridized carbons (Fsp3) is 0.632. The average Bonchev–Trinajstić information content (AvgIpc) is 3.22. The number of aromatic nitrogens is 2. The number of anilines is 1. The number of nitrogens with zero attached hydrogens (tertiary/aromatic N) is 3. The molecule has 1 amide bonds. The van der Waals surface area contributed by atoms with Gasteiger partial charge in [-0.05, 0) is 32.3 Å². The molecule has 0 bridgehead atoms. The summed E-state index contributed by atoms with van der Waals surface area (Å²) in [5, 5.41) is 17.2. The largest absolute Gasteiger partial charge is 0.391 e. The molecule has 2 aliphatic heterocycles. The lowest BCUT2D eigenvalue weighted by molar-refractivity contribution is -0.125. The number of hydrogen-bond donors (Lipinski definition) is 3. The number of rotatable bonds is 4. The Bertz CT molecular complexity index is 831. The second-order valence-electron chi connectivity index (χ2n) is 7.65. The molecular weight excluding hydrogens is 362 g/mol. The molecule has 4 rings (SSSR count). The minimum absolute atomic E-state index is 0.0374. The number of aliphatic hydroxyl groups excluding tert-OH is 1. The zero-order valence-electron chi connectivity index (χ0n) is 15.9. The molecule has 0 saturated carbocycles. The van der Waals surface area contributed by atoms with Gasteiger partial charge < -0.3 is 20.6 Å². The van der Waals surface area contributed by atoms with Crippen LogP contribution in [0.3, 0.4) is 0 Å². The van der Waals surface area contributed by atoms with Crippen molar-refractivity contribution in [1.29, 1.82) is 0 Å². The predicted octanol–water partition coefficient (Wildman–Crippen LogP) is 1.22. The van der Waals surface area contributed by atoms with Crippen LogP contribution in [0.25, 0.3) is 10.2 Å². The lowest BCUT2D eigenvalue weighted by Crippen LogP contribution is -2.43. The van der Waals surface area contributed by atoms with Gasteiger partial charge in [-0.1, -0.05) is 0 Å². The molecule has 0 aromatic carbocycles. The Morgan fingerprint density at radius 2 is 2.11 bits per heavy atom. The zero-order valence-corrected chi connectivity index (χ0v) is 16.7. The van der Waals surface area contributed by atoms with Crippen LogP contribution in [0.5, 0.6) is 0 Å². The molecule has 0 spiro atoms. The number of fused-ring (bicyclic) bond motifs is 1. The number of piperidine rings is 1. The highest BCUT2D eigenvalue weighted by Gasteiger charge is 2.29. The Morgan fingerprint density at radius 3 is 2.81 bits per heavy atom. The van der Waals surface area contributed by atoms with Crippen LogP contribution in [0.2, 0.25) is 0 Å². The van der Waals surface area contributed by atoms with Crippen LogP contribution in [0, 0.1) is 25.7 Å². The quantitative estimate of drug-likeness (QED) is 0.729. The maximum atomic E-state index is 12.5. The number of β-amino-alcohol motifs (C(OH)–C–C–N with tert-alkyl or cyclic N) is 1. The maximum Gasteiger partial charge on any atom is 0.223 e. The Kier molecular flexibility index (Phi) is 5.29. The summed E-state index contributed by atoms with van der Waals surface area (Å²) in [6.45, 7) is 7.84. The number of carbonyl (C=O) groups excluding carboxylic acids is 1. The molecule has 2 aromatic heterocycles. The third-order valence-corrected chi connectivity index (χ3v) is 7.07. The van der Waals surface area contributed by atoms with Gasteiger partial charge >= 0.3 is 0 Å². The first-order valence-corrected chi connectivity index (χ1v) is 10.5. The van der Waals surface area contributed by atoms with Gasteiger partial charge in [-0.2, -0.15) is 0 Å². The third-order valence-electron chi connectivity index (χ3n) is 5.95. The molecule has 7 nitrogen and oxygen atoms in total. The van der Waals surface area contributed by atoms with Gasteiger partial charge in [0.1, 0.15) is 17.0 Å². The van der Waals surface area contributed by atoms with Crippen molar-refractivity contribution in [3.8, 4) is 0 Å². The van der Waals surface area contributed by atoms with Gasteiger partial charge in [-0.25, -0.2) is 9.97 Å². The molecule has 2 unspecified atom stereocenters. The van der Waals surface area contributed by atoms with E-state index in [4.69, 9.17) is 0 Å². The Labute approximate surface area is 163 Å². The van der Waals surface area contributed by atoms with Crippen LogP contribution in [-0.4, -0.2) is 59.8 Å². The summed E-state index contributed by atoms with van der Waals surface area (Å²) < 4.78 is 0. The number of thiophene rings is 1. The molecule has 2 saturated heterocycles. The molecule has 146 valence electrons. The van der Waals surface area contributed by atoms with Crippen LogP contribution < -0.4 is 15.5 Å². The van der Waals surface area contributed by atoms with E-state index < -0.39 is 0 Å². The zero-order chi connectivity index (χ0) is 19.0. The van der Waals surface area contributed by atoms with E-state index in [2.05, 4.69) is 39.3 Å². The van der Waals surface area contributed by atoms with Crippen LogP contribution in [0.15, 0.2) is 6.33 Å². The van der Waals surface area contributed by atoms with E-state index >= 15 is 0 Å². The minimum Gasteiger partial charge on any atom is -0.391 e. The van der Waals surface area contributed by atoms with Gasteiger partial charge in [0.2, 0.25) is 5.91 Å². The third kappa shape index (κ3) is 3.66. The van der Waals surface area contributed by atoms with Gasteiger partial charge in [0, 0.05) is 49.4 Å². The summed E-state index contributed by atoms with van der Waals surface area (Å²) in [6.07, 6.45) is 2.94. The van der Waals surface area contributed by atoms with E-state index in [0.717, 1.165) is 48.5 Å². The van der Waals surface area contributed by atoms with Crippen molar-refractivity contribution in [3.05, 3.63) is 16.8 Å². The van der Waals surface area contributed by atoms with E-state index in [1.165, 1.54) is 10.4 Å². The van der Waals surface area contributed by atoms with Crippen molar-refractivity contribution in [2.24, 2.45) is 11.8 Å². The lowest BCUT2D eigenvalue weighted by atomic mass is 9.95. The fourth-order valence-corrected chi connectivity index (χ4v) is 5.05. The molecule has 8 heteroatoms. The van der Waals surface area contributed by atoms with E-state index in [0.29, 0.717) is 13.1 Å². The Balaban J connectivity index is 1.37. The van der Waals surface area contributed by atoms with E-state index in [1.807, 2.05) is 0 Å². The smallest absolute Gasteiger partial charge is 0.223 e. The highest BCUT2D eigenvalue weighted by molar-refractivity contribution is 7.18. The molecular formula is C19H27N5O2S. The molecule has 2 fully saturated rings. The second-order valence-corrected chi connectivity index (χ2v) is 8.86. The van der Waals surface area contributed by atoms with Gasteiger partial charge in [0.05, 0.1) is 11.5 Å². The highest BCUT2D eigenvalue weighted by Crippen LogP contribution is 2.35. The Morgan fingerprint density at radius 1 is 1.33 bits per heavy atom. The SMILES string of the molecule is Cc1sc2ncnc(N3CCC(C(=O)NCC4CNCC4O)CC3)c2c1C. The summed E-state index contributed by atoms with van der Waals surface area (Å²) in [6, 6.07) is 0. The number of aryl methyl sites for hydroxylation is 2. The van der Waals surface area contributed by atoms with Crippen molar-refractivity contribution < 1.29 is 9.90 Å². The van der Waals surface area contributed by atoms with E-state index in [9.17, 15) is 9.90 Å². The van der Waals surface area contributed by atoms with Crippen LogP contribution in [-0.2, 0) is 4.79 Å². The van der Waals surface area contributed by atoms with Crippen molar-refractivity contribution >= 4 is 33.3 Å². The van der Waals surface area contributed by atoms with Crippen LogP contribution in [0.1, 0.15) is 23.3 Å². The lowest BCUT2D eigenvalue weighted by Gasteiger charge is -2.32. The average molecular weight is 390 g/mol. The van der Waals surface area contributed by atoms with E-state index in [-0.39, 0.29) is 23.8 Å². The van der Waals surface area contributed by atoms with Crippen molar-refractivity contribution in [2.75, 3.05) is 37.6 Å². The minimum atomic E-state index is -0.357. The first kappa shape index (κ1) is 18.6. The molecule has 27 heavy (non-hydrogen) atoms. The molecule has 2 aliphatic rings. The summed E-state index contributed by atoms with van der Waals surface area (Å²) in [5.74, 6) is 1.27. The first-order valence-electron chi connectivity index (χ1n) is 9.66. The predicted molar refractivity (Wildman–Crippen MR) is 107 cm³/mol. The van der Waals surface area contributed by atoms with Crippen molar-refractivity contribution in [1.82, 2.24) is 20.6 Å². The van der Waals surface area contributed by atoms with Crippen molar-refractivity contribution in [2.45, 2.75) is 32.8 Å². The van der Waals surface area contributed by atoms with Gasteiger partial charge in [0.15, 0.2) is 0 Å². The number of amides is 1. The Hall–Kier alpha value is -1.77. The van der Waals surface area contributed by atoms with E-state index in [1.54, 1.807) is 17.7 Å². The molecule has 0 radical (unpaired) electrons. The van der Waals surface area contributed by atoms with Gasteiger partial charge in [0.25, 0.3) is 0 Å². The van der Waals surface area contributed by atoms with Crippen molar-refractivity contribution in [3.63, 3.8) is 0 Å². The summed E-state index contributed by atoms with van der Waals surface area (Å²) >= 11 is 1.71. The highest BCUT2D eigenvalue weighted by atomic mass is 32.1. The fourth-order valence-electron chi connectivity index (χ4n) is 4.06. The molecule has 0 aliphatic carbocycles. The van der Waals surface area contributed by atoms with Crippen LogP contribution >= 0.6 is 11.3 Å². The molecule has 2 atom stereocenters. The summed E-state index contributed by atoms with van der Waals surface area (Å²) in [5.41, 5.74) is 1.26. The number of aliphatic hydroxyl groups is 1. The number of nitrogens with one attached hydrogen (secondary N) is 2. The second kappa shape index (κ2) is 7.69. The monoisotopic (exact) mass is 389 g/mol. The standard InChI is InChI=1S/C19H27N5O2S/c1-11-12(2)27-19-16(11)17(22-10-23-19)24-5-3-13(4-6-24)18(26)21-8-14-7-20-9-15(14)25/h10,13-15,20,25H,3-9H2,1-2H3,(H,21,26). The van der Waals surface area contributed by atoms with Gasteiger partial charge in [-0.15, -0.1) is 11.3 Å².